The lowest BCUT2D eigenvalue weighted by Crippen LogP contribution is -2.25. The summed E-state index contributed by atoms with van der Waals surface area (Å²) in [5.41, 5.74) is 3.43. The van der Waals surface area contributed by atoms with Crippen molar-refractivity contribution >= 4 is 43.5 Å². The molecule has 1 aliphatic rings. The molecule has 0 saturated carbocycles. The highest BCUT2D eigenvalue weighted by molar-refractivity contribution is 7.92. The molecule has 0 saturated heterocycles. The molecule has 212 valence electrons. The molecule has 1 amide bonds. The molecule has 2 aromatic carbocycles. The largest absolute Gasteiger partial charge is 0.470 e. The van der Waals surface area contributed by atoms with Gasteiger partial charge < -0.3 is 19.0 Å². The quantitative estimate of drug-likeness (QED) is 0.314. The van der Waals surface area contributed by atoms with Crippen LogP contribution in [0.4, 0.5) is 10.1 Å². The first-order chi connectivity index (χ1) is 20.2. The normalized spacial score (nSPS) is 12.7. The molecular weight excluding hydrogens is 563 g/mol. The number of amides is 1. The molecule has 1 aliphatic heterocycles. The van der Waals surface area contributed by atoms with Gasteiger partial charge in [0.25, 0.3) is 5.91 Å². The van der Waals surface area contributed by atoms with Gasteiger partial charge in [0.1, 0.15) is 28.4 Å². The Morgan fingerprint density at radius 2 is 1.95 bits per heavy atom. The molecule has 0 aliphatic carbocycles. The second-order valence-corrected chi connectivity index (χ2v) is 11.9. The highest BCUT2D eigenvalue weighted by atomic mass is 32.2. The maximum atomic E-state index is 14.6. The van der Waals surface area contributed by atoms with Crippen molar-refractivity contribution in [1.29, 1.82) is 0 Å². The number of carbonyl (C=O) groups excluding carboxylic acids is 1. The molecule has 0 spiro atoms. The zero-order valence-electron chi connectivity index (χ0n) is 22.6. The van der Waals surface area contributed by atoms with Gasteiger partial charge in [-0.1, -0.05) is 6.07 Å². The first kappa shape index (κ1) is 25.8. The Hall–Kier alpha value is -5.17. The third-order valence-corrected chi connectivity index (χ3v) is 8.60. The monoisotopic (exact) mass is 586 g/mol. The SMILES string of the molecule is CNC(=O)c1c(-n2cccn2)oc2cc(N(C)S(C)(=O)=O)c(-c3ccc4c(n3)-c3cc5c(F)cccc5n3CO4)cc12. The van der Waals surface area contributed by atoms with Crippen LogP contribution in [0, 0.1) is 5.82 Å². The number of hydrogen-bond acceptors (Lipinski definition) is 7. The number of benzene rings is 2. The number of nitrogens with zero attached hydrogens (tertiary/aromatic N) is 5. The maximum Gasteiger partial charge on any atom is 0.257 e. The Morgan fingerprint density at radius 1 is 1.12 bits per heavy atom. The number of anilines is 1. The van der Waals surface area contributed by atoms with Crippen molar-refractivity contribution in [2.75, 3.05) is 24.7 Å². The van der Waals surface area contributed by atoms with Crippen molar-refractivity contribution in [2.45, 2.75) is 6.73 Å². The van der Waals surface area contributed by atoms with Gasteiger partial charge in [0.2, 0.25) is 15.9 Å². The molecule has 6 aromatic rings. The van der Waals surface area contributed by atoms with Crippen LogP contribution in [0.3, 0.4) is 0 Å². The van der Waals surface area contributed by atoms with Crippen LogP contribution in [0.25, 0.3) is 50.4 Å². The van der Waals surface area contributed by atoms with Crippen molar-refractivity contribution in [3.05, 3.63) is 78.4 Å². The van der Waals surface area contributed by atoms with Gasteiger partial charge in [0.05, 0.1) is 28.8 Å². The predicted octanol–water partition coefficient (Wildman–Crippen LogP) is 4.55. The van der Waals surface area contributed by atoms with Gasteiger partial charge in [-0.2, -0.15) is 5.10 Å². The minimum Gasteiger partial charge on any atom is -0.470 e. The predicted molar refractivity (Wildman–Crippen MR) is 155 cm³/mol. The number of aromatic nitrogens is 4. The van der Waals surface area contributed by atoms with E-state index >= 15 is 0 Å². The number of halogens is 1. The number of pyridine rings is 1. The van der Waals surface area contributed by atoms with Crippen LogP contribution in [0.5, 0.6) is 5.75 Å². The maximum absolute atomic E-state index is 14.6. The minimum atomic E-state index is -3.71. The van der Waals surface area contributed by atoms with Crippen LogP contribution in [0.1, 0.15) is 10.4 Å². The van der Waals surface area contributed by atoms with E-state index in [2.05, 4.69) is 10.4 Å². The number of ether oxygens (including phenoxy) is 1. The highest BCUT2D eigenvalue weighted by Crippen LogP contribution is 2.42. The topological polar surface area (TPSA) is 124 Å². The molecule has 0 unspecified atom stereocenters. The Kier molecular flexibility index (Phi) is 5.63. The van der Waals surface area contributed by atoms with Gasteiger partial charge in [0.15, 0.2) is 6.73 Å². The van der Waals surface area contributed by atoms with Crippen molar-refractivity contribution in [3.8, 4) is 34.3 Å². The number of rotatable bonds is 5. The molecule has 0 radical (unpaired) electrons. The van der Waals surface area contributed by atoms with Crippen LogP contribution < -0.4 is 14.4 Å². The first-order valence-electron chi connectivity index (χ1n) is 12.8. The number of furan rings is 1. The fourth-order valence-electron chi connectivity index (χ4n) is 5.27. The first-order valence-corrected chi connectivity index (χ1v) is 14.7. The third-order valence-electron chi connectivity index (χ3n) is 7.41. The fourth-order valence-corrected chi connectivity index (χ4v) is 5.78. The summed E-state index contributed by atoms with van der Waals surface area (Å²) in [5.74, 6) is -0.0845. The lowest BCUT2D eigenvalue weighted by Gasteiger charge is -2.23. The number of fused-ring (bicyclic) bond motifs is 6. The summed E-state index contributed by atoms with van der Waals surface area (Å²) < 4.78 is 56.5. The molecule has 0 fully saturated rings. The Balaban J connectivity index is 1.50. The van der Waals surface area contributed by atoms with E-state index in [4.69, 9.17) is 14.1 Å². The van der Waals surface area contributed by atoms with E-state index in [0.717, 1.165) is 10.6 Å². The van der Waals surface area contributed by atoms with E-state index < -0.39 is 15.9 Å². The van der Waals surface area contributed by atoms with Crippen LogP contribution >= 0.6 is 0 Å². The average Bonchev–Trinajstić information content (AvgIpc) is 3.72. The third kappa shape index (κ3) is 3.84. The lowest BCUT2D eigenvalue weighted by molar-refractivity contribution is 0.0963. The zero-order valence-corrected chi connectivity index (χ0v) is 23.4. The van der Waals surface area contributed by atoms with Gasteiger partial charge in [0, 0.05) is 48.9 Å². The van der Waals surface area contributed by atoms with Crippen LogP contribution in [0.15, 0.2) is 71.4 Å². The van der Waals surface area contributed by atoms with Crippen molar-refractivity contribution in [2.24, 2.45) is 0 Å². The standard InChI is InChI=1S/C29H23FN6O5S/c1-31-28(37)26-18-12-17(22(34(2)42(3,38)39)14-25(18)41-29(26)36-11-5-10-32-36)20-8-9-24-27(33-20)23-13-16-19(30)6-4-7-21(16)35(23)15-40-24/h4-14H,15H2,1-3H3,(H,31,37). The molecule has 4 aromatic heterocycles. The van der Waals surface area contributed by atoms with Crippen LogP contribution in [-0.2, 0) is 16.8 Å². The number of sulfonamides is 1. The second kappa shape index (κ2) is 9.17. The van der Waals surface area contributed by atoms with E-state index in [-0.39, 0.29) is 35.3 Å². The number of nitrogens with one attached hydrogen (secondary N) is 1. The fraction of sp³-hybridized carbons (Fsp3) is 0.138. The number of carbonyl (C=O) groups is 1. The summed E-state index contributed by atoms with van der Waals surface area (Å²) in [5, 5.41) is 7.73. The van der Waals surface area contributed by atoms with E-state index in [1.807, 2.05) is 10.6 Å². The molecule has 0 bridgehead atoms. The van der Waals surface area contributed by atoms with E-state index in [1.54, 1.807) is 54.9 Å². The smallest absolute Gasteiger partial charge is 0.257 e. The van der Waals surface area contributed by atoms with Crippen molar-refractivity contribution < 1.29 is 26.8 Å². The number of hydrogen-bond donors (Lipinski definition) is 1. The average molecular weight is 587 g/mol. The van der Waals surface area contributed by atoms with E-state index in [9.17, 15) is 17.6 Å². The summed E-state index contributed by atoms with van der Waals surface area (Å²) in [7, 11) is -0.777. The highest BCUT2D eigenvalue weighted by Gasteiger charge is 2.28. The van der Waals surface area contributed by atoms with Gasteiger partial charge in [-0.05, 0) is 42.5 Å². The molecule has 1 N–H and O–H groups in total. The van der Waals surface area contributed by atoms with Crippen LogP contribution in [0.2, 0.25) is 0 Å². The van der Waals surface area contributed by atoms with E-state index in [1.165, 1.54) is 24.8 Å². The molecule has 42 heavy (non-hydrogen) atoms. The lowest BCUT2D eigenvalue weighted by atomic mass is 10.0. The van der Waals surface area contributed by atoms with E-state index in [0.29, 0.717) is 44.7 Å². The van der Waals surface area contributed by atoms with Crippen molar-refractivity contribution in [3.63, 3.8) is 0 Å². The Bertz CT molecular complexity index is 2170. The Morgan fingerprint density at radius 3 is 2.69 bits per heavy atom. The minimum absolute atomic E-state index is 0.179. The summed E-state index contributed by atoms with van der Waals surface area (Å²) in [6, 6.07) is 15.0. The molecule has 5 heterocycles. The second-order valence-electron chi connectivity index (χ2n) is 9.85. The summed E-state index contributed by atoms with van der Waals surface area (Å²) in [4.78, 5) is 18.0. The molecule has 0 atom stereocenters. The van der Waals surface area contributed by atoms with Crippen molar-refractivity contribution in [1.82, 2.24) is 24.6 Å². The molecule has 11 nitrogen and oxygen atoms in total. The summed E-state index contributed by atoms with van der Waals surface area (Å²) in [6.45, 7) is 0.186. The molecule has 13 heteroatoms. The molecule has 7 rings (SSSR count). The summed E-state index contributed by atoms with van der Waals surface area (Å²) in [6.07, 6.45) is 4.29. The Labute approximate surface area is 238 Å². The molecular formula is C29H23FN6O5S. The summed E-state index contributed by atoms with van der Waals surface area (Å²) >= 11 is 0. The van der Waals surface area contributed by atoms with Gasteiger partial charge >= 0.3 is 0 Å². The van der Waals surface area contributed by atoms with Gasteiger partial charge in [-0.15, -0.1) is 0 Å². The zero-order chi connectivity index (χ0) is 29.3. The van der Waals surface area contributed by atoms with Crippen LogP contribution in [-0.4, -0.2) is 54.0 Å². The van der Waals surface area contributed by atoms with Gasteiger partial charge in [-0.25, -0.2) is 22.5 Å². The van der Waals surface area contributed by atoms with Gasteiger partial charge in [-0.3, -0.25) is 9.10 Å².